The number of ether oxygens (including phenoxy) is 1. The molecule has 0 aliphatic carbocycles. The number of methoxy groups -OCH3 is 1. The Hall–Kier alpha value is -1.92. The molecule has 1 aromatic heterocycles. The fourth-order valence-electron chi connectivity index (χ4n) is 3.72. The van der Waals surface area contributed by atoms with E-state index in [2.05, 4.69) is 29.0 Å². The van der Waals surface area contributed by atoms with Crippen molar-refractivity contribution < 1.29 is 9.53 Å². The van der Waals surface area contributed by atoms with Gasteiger partial charge in [-0.15, -0.1) is 11.3 Å². The molecule has 0 saturated carbocycles. The average Bonchev–Trinajstić information content (AvgIpc) is 3.01. The van der Waals surface area contributed by atoms with E-state index >= 15 is 0 Å². The Bertz CT molecular complexity index is 764. The number of carbonyl (C=O) groups is 1. The van der Waals surface area contributed by atoms with Crippen molar-refractivity contribution in [1.29, 1.82) is 0 Å². The van der Waals surface area contributed by atoms with Gasteiger partial charge in [-0.2, -0.15) is 0 Å². The Morgan fingerprint density at radius 2 is 2.08 bits per heavy atom. The summed E-state index contributed by atoms with van der Waals surface area (Å²) < 4.78 is 5.29. The summed E-state index contributed by atoms with van der Waals surface area (Å²) >= 11 is 1.47. The van der Waals surface area contributed by atoms with Crippen LogP contribution in [0.15, 0.2) is 23.6 Å². The predicted octanol–water partition coefficient (Wildman–Crippen LogP) is 4.19. The lowest BCUT2D eigenvalue weighted by Gasteiger charge is -2.34. The Morgan fingerprint density at radius 1 is 1.35 bits per heavy atom. The highest BCUT2D eigenvalue weighted by molar-refractivity contribution is 7.13. The van der Waals surface area contributed by atoms with Crippen molar-refractivity contribution in [2.45, 2.75) is 33.7 Å². The van der Waals surface area contributed by atoms with Crippen LogP contribution >= 0.6 is 11.3 Å². The minimum atomic E-state index is -0.163. The second-order valence-electron chi connectivity index (χ2n) is 7.42. The molecule has 1 aromatic carbocycles. The molecule has 1 fully saturated rings. The summed E-state index contributed by atoms with van der Waals surface area (Å²) in [4.78, 5) is 19.5. The van der Waals surface area contributed by atoms with E-state index in [9.17, 15) is 4.79 Å². The van der Waals surface area contributed by atoms with Gasteiger partial charge in [-0.3, -0.25) is 15.0 Å². The molecule has 140 valence electrons. The number of anilines is 1. The van der Waals surface area contributed by atoms with E-state index in [1.54, 1.807) is 19.2 Å². The minimum Gasteiger partial charge on any atom is -0.496 e. The molecule has 0 radical (unpaired) electrons. The highest BCUT2D eigenvalue weighted by Crippen LogP contribution is 2.25. The molecule has 2 aromatic rings. The number of aryl methyl sites for hydroxylation is 1. The minimum absolute atomic E-state index is 0.163. The molecule has 2 heterocycles. The quantitative estimate of drug-likeness (QED) is 0.854. The molecule has 1 amide bonds. The standard InChI is InChI=1S/C20H27N3O2S/c1-13-7-14(2)10-23(9-13)11-17-12-26-20(21-17)22-19(24)16-6-5-15(3)18(8-16)25-4/h5-6,8,12-14H,7,9-11H2,1-4H3,(H,21,22,24)/t13-,14+. The van der Waals surface area contributed by atoms with Gasteiger partial charge in [0.05, 0.1) is 12.8 Å². The van der Waals surface area contributed by atoms with Crippen LogP contribution in [0.3, 0.4) is 0 Å². The molecule has 2 atom stereocenters. The van der Waals surface area contributed by atoms with E-state index < -0.39 is 0 Å². The van der Waals surface area contributed by atoms with Gasteiger partial charge in [0.2, 0.25) is 0 Å². The number of carbonyl (C=O) groups excluding carboxylic acids is 1. The summed E-state index contributed by atoms with van der Waals surface area (Å²) in [6, 6.07) is 5.45. The molecule has 0 bridgehead atoms. The highest BCUT2D eigenvalue weighted by atomic mass is 32.1. The monoisotopic (exact) mass is 373 g/mol. The maximum atomic E-state index is 12.5. The number of aromatic nitrogens is 1. The lowest BCUT2D eigenvalue weighted by atomic mass is 9.92. The second-order valence-corrected chi connectivity index (χ2v) is 8.28. The number of rotatable bonds is 5. The number of hydrogen-bond donors (Lipinski definition) is 1. The molecule has 1 saturated heterocycles. The number of amides is 1. The number of nitrogens with one attached hydrogen (secondary N) is 1. The van der Waals surface area contributed by atoms with E-state index in [1.807, 2.05) is 18.4 Å². The maximum absolute atomic E-state index is 12.5. The summed E-state index contributed by atoms with van der Waals surface area (Å²) in [5.41, 5.74) is 2.60. The summed E-state index contributed by atoms with van der Waals surface area (Å²) in [6.07, 6.45) is 1.30. The van der Waals surface area contributed by atoms with Crippen LogP contribution in [0.25, 0.3) is 0 Å². The second kappa shape index (κ2) is 8.18. The first kappa shape index (κ1) is 18.9. The fourth-order valence-corrected chi connectivity index (χ4v) is 4.41. The molecule has 1 aliphatic rings. The van der Waals surface area contributed by atoms with Crippen LogP contribution in [0.2, 0.25) is 0 Å². The van der Waals surface area contributed by atoms with Crippen molar-refractivity contribution in [3.05, 3.63) is 40.4 Å². The van der Waals surface area contributed by atoms with E-state index in [1.165, 1.54) is 17.8 Å². The van der Waals surface area contributed by atoms with Crippen molar-refractivity contribution in [2.24, 2.45) is 11.8 Å². The summed E-state index contributed by atoms with van der Waals surface area (Å²) in [5.74, 6) is 2.01. The van der Waals surface area contributed by atoms with Gasteiger partial charge in [0.15, 0.2) is 5.13 Å². The van der Waals surface area contributed by atoms with E-state index in [0.29, 0.717) is 16.4 Å². The van der Waals surface area contributed by atoms with Crippen LogP contribution in [-0.2, 0) is 6.54 Å². The van der Waals surface area contributed by atoms with Crippen molar-refractivity contribution in [2.75, 3.05) is 25.5 Å². The molecule has 1 N–H and O–H groups in total. The molecular formula is C20H27N3O2S. The number of thiazole rings is 1. The van der Waals surface area contributed by atoms with Crippen molar-refractivity contribution in [1.82, 2.24) is 9.88 Å². The summed E-state index contributed by atoms with van der Waals surface area (Å²) in [7, 11) is 1.61. The number of benzene rings is 1. The first-order valence-corrected chi connectivity index (χ1v) is 9.95. The van der Waals surface area contributed by atoms with E-state index in [0.717, 1.165) is 42.7 Å². The topological polar surface area (TPSA) is 54.5 Å². The third-order valence-electron chi connectivity index (χ3n) is 4.77. The third-order valence-corrected chi connectivity index (χ3v) is 5.58. The van der Waals surface area contributed by atoms with E-state index in [-0.39, 0.29) is 5.91 Å². The highest BCUT2D eigenvalue weighted by Gasteiger charge is 2.22. The maximum Gasteiger partial charge on any atom is 0.257 e. The first-order chi connectivity index (χ1) is 12.4. The molecule has 0 spiro atoms. The van der Waals surface area contributed by atoms with Gasteiger partial charge in [0.25, 0.3) is 5.91 Å². The van der Waals surface area contributed by atoms with Crippen molar-refractivity contribution >= 4 is 22.4 Å². The van der Waals surface area contributed by atoms with Gasteiger partial charge in [-0.05, 0) is 42.9 Å². The number of likely N-dealkylation sites (tertiary alicyclic amines) is 1. The lowest BCUT2D eigenvalue weighted by molar-refractivity contribution is 0.102. The molecule has 5 nitrogen and oxygen atoms in total. The summed E-state index contributed by atoms with van der Waals surface area (Å²) in [5, 5.41) is 5.58. The fraction of sp³-hybridized carbons (Fsp3) is 0.500. The number of nitrogens with zero attached hydrogens (tertiary/aromatic N) is 2. The summed E-state index contributed by atoms with van der Waals surface area (Å²) in [6.45, 7) is 9.66. The van der Waals surface area contributed by atoms with Crippen LogP contribution in [0.5, 0.6) is 5.75 Å². The van der Waals surface area contributed by atoms with Gasteiger partial charge in [0.1, 0.15) is 5.75 Å². The van der Waals surface area contributed by atoms with Crippen LogP contribution in [0, 0.1) is 18.8 Å². The zero-order valence-electron chi connectivity index (χ0n) is 15.9. The first-order valence-electron chi connectivity index (χ1n) is 9.07. The van der Waals surface area contributed by atoms with Crippen LogP contribution in [-0.4, -0.2) is 36.0 Å². The predicted molar refractivity (Wildman–Crippen MR) is 106 cm³/mol. The van der Waals surface area contributed by atoms with Gasteiger partial charge < -0.3 is 4.74 Å². The Morgan fingerprint density at radius 3 is 2.77 bits per heavy atom. The third kappa shape index (κ3) is 4.62. The Labute approximate surface area is 159 Å². The largest absolute Gasteiger partial charge is 0.496 e. The van der Waals surface area contributed by atoms with Gasteiger partial charge in [-0.1, -0.05) is 19.9 Å². The molecule has 6 heteroatoms. The number of hydrogen-bond acceptors (Lipinski definition) is 5. The van der Waals surface area contributed by atoms with Crippen LogP contribution < -0.4 is 10.1 Å². The Balaban J connectivity index is 1.62. The Kier molecular flexibility index (Phi) is 5.94. The van der Waals surface area contributed by atoms with Crippen LogP contribution in [0.4, 0.5) is 5.13 Å². The lowest BCUT2D eigenvalue weighted by Crippen LogP contribution is -2.38. The van der Waals surface area contributed by atoms with E-state index in [4.69, 9.17) is 4.74 Å². The molecular weight excluding hydrogens is 346 g/mol. The van der Waals surface area contributed by atoms with Crippen LogP contribution in [0.1, 0.15) is 41.9 Å². The molecule has 1 aliphatic heterocycles. The normalized spacial score (nSPS) is 20.8. The molecule has 0 unspecified atom stereocenters. The average molecular weight is 374 g/mol. The molecule has 26 heavy (non-hydrogen) atoms. The van der Waals surface area contributed by atoms with Gasteiger partial charge in [0, 0.05) is 30.6 Å². The van der Waals surface area contributed by atoms with Crippen molar-refractivity contribution in [3.63, 3.8) is 0 Å². The zero-order valence-corrected chi connectivity index (χ0v) is 16.7. The van der Waals surface area contributed by atoms with Crippen molar-refractivity contribution in [3.8, 4) is 5.75 Å². The smallest absolute Gasteiger partial charge is 0.257 e. The van der Waals surface area contributed by atoms with Gasteiger partial charge in [-0.25, -0.2) is 4.98 Å². The van der Waals surface area contributed by atoms with Gasteiger partial charge >= 0.3 is 0 Å². The number of piperidine rings is 1. The zero-order chi connectivity index (χ0) is 18.7. The SMILES string of the molecule is COc1cc(C(=O)Nc2nc(CN3C[C@H](C)C[C@H](C)C3)cs2)ccc1C. The molecule has 3 rings (SSSR count).